The Morgan fingerprint density at radius 1 is 1.16 bits per heavy atom. The highest BCUT2D eigenvalue weighted by Gasteiger charge is 2.27. The van der Waals surface area contributed by atoms with E-state index < -0.39 is 0 Å². The van der Waals surface area contributed by atoms with E-state index in [2.05, 4.69) is 31.2 Å². The first-order valence-corrected chi connectivity index (χ1v) is 10.7. The predicted molar refractivity (Wildman–Crippen MR) is 117 cm³/mol. The van der Waals surface area contributed by atoms with Crippen molar-refractivity contribution in [2.45, 2.75) is 25.6 Å². The van der Waals surface area contributed by atoms with Crippen LogP contribution < -0.4 is 9.47 Å². The summed E-state index contributed by atoms with van der Waals surface area (Å²) in [5.41, 5.74) is 4.67. The van der Waals surface area contributed by atoms with E-state index in [1.54, 1.807) is 12.1 Å². The molecule has 31 heavy (non-hydrogen) atoms. The number of carbonyl (C=O) groups is 1. The monoisotopic (exact) mass is 499 g/mol. The Hall–Kier alpha value is -2.97. The van der Waals surface area contributed by atoms with E-state index in [4.69, 9.17) is 25.7 Å². The molecule has 0 aliphatic heterocycles. The quantitative estimate of drug-likeness (QED) is 0.323. The van der Waals surface area contributed by atoms with Crippen molar-refractivity contribution in [2.75, 3.05) is 0 Å². The number of fused-ring (bicyclic) bond motifs is 2. The van der Waals surface area contributed by atoms with Crippen LogP contribution in [-0.2, 0) is 13.0 Å². The van der Waals surface area contributed by atoms with Gasteiger partial charge in [0.1, 0.15) is 28.8 Å². The zero-order valence-corrected chi connectivity index (χ0v) is 18.4. The van der Waals surface area contributed by atoms with Crippen molar-refractivity contribution >= 4 is 44.9 Å². The number of nitrogens with zero attached hydrogens (tertiary/aromatic N) is 3. The molecular weight excluding hydrogens is 486 g/mol. The smallest absolute Gasteiger partial charge is 0.236 e. The summed E-state index contributed by atoms with van der Waals surface area (Å²) in [4.78, 5) is 15.9. The topological polar surface area (TPSA) is 87.3 Å². The number of pyridine rings is 1. The van der Waals surface area contributed by atoms with Crippen LogP contribution in [0.4, 0.5) is 0 Å². The molecule has 0 N–H and O–H groups in total. The summed E-state index contributed by atoms with van der Waals surface area (Å²) in [6, 6.07) is 13.0. The molecule has 7 nitrogen and oxygen atoms in total. The lowest BCUT2D eigenvalue weighted by atomic mass is 10.1. The summed E-state index contributed by atoms with van der Waals surface area (Å²) in [7, 11) is 0. The first kappa shape index (κ1) is 20.0. The van der Waals surface area contributed by atoms with E-state index in [1.807, 2.05) is 24.3 Å². The third kappa shape index (κ3) is 3.88. The summed E-state index contributed by atoms with van der Waals surface area (Å²) in [5.74, 6) is 0.386. The molecule has 0 fully saturated rings. The van der Waals surface area contributed by atoms with E-state index in [0.29, 0.717) is 17.3 Å². The summed E-state index contributed by atoms with van der Waals surface area (Å²) in [6.45, 7) is 0.178. The summed E-state index contributed by atoms with van der Waals surface area (Å²) in [5, 5.41) is 7.86. The Balaban J connectivity index is 1.39. The summed E-state index contributed by atoms with van der Waals surface area (Å²) in [6.07, 6.45) is 2.20. The lowest BCUT2D eigenvalue weighted by Gasteiger charge is -2.17. The molecule has 0 unspecified atom stereocenters. The van der Waals surface area contributed by atoms with Gasteiger partial charge in [-0.1, -0.05) is 45.7 Å². The zero-order valence-electron chi connectivity index (χ0n) is 16.0. The third-order valence-electron chi connectivity index (χ3n) is 5.17. The number of ether oxygens (including phenoxy) is 2. The highest BCUT2D eigenvalue weighted by Crippen LogP contribution is 2.40. The first-order valence-electron chi connectivity index (χ1n) is 9.56. The maximum atomic E-state index is 11.5. The molecule has 0 saturated heterocycles. The average Bonchev–Trinajstić information content (AvgIpc) is 3.41. The number of aromatic nitrogens is 3. The molecule has 9 heteroatoms. The van der Waals surface area contributed by atoms with Gasteiger partial charge < -0.3 is 9.47 Å². The van der Waals surface area contributed by atoms with Crippen LogP contribution in [0.2, 0.25) is 5.02 Å². The van der Waals surface area contributed by atoms with Gasteiger partial charge in [-0.25, -0.2) is 4.63 Å². The predicted octanol–water partition coefficient (Wildman–Crippen LogP) is 5.49. The maximum absolute atomic E-state index is 11.5. The molecule has 0 amide bonds. The van der Waals surface area contributed by atoms with Gasteiger partial charge >= 0.3 is 0 Å². The van der Waals surface area contributed by atoms with Gasteiger partial charge in [0.15, 0.2) is 6.29 Å². The van der Waals surface area contributed by atoms with Crippen LogP contribution in [0.15, 0.2) is 51.6 Å². The van der Waals surface area contributed by atoms with Crippen LogP contribution in [0, 0.1) is 0 Å². The Labute approximate surface area is 190 Å². The lowest BCUT2D eigenvalue weighted by molar-refractivity contribution is 0.111. The second-order valence-electron chi connectivity index (χ2n) is 7.12. The molecule has 1 atom stereocenters. The molecule has 0 bridgehead atoms. The Kier molecular flexibility index (Phi) is 5.33. The fourth-order valence-corrected chi connectivity index (χ4v) is 4.44. The Morgan fingerprint density at radius 2 is 2.03 bits per heavy atom. The van der Waals surface area contributed by atoms with E-state index >= 15 is 0 Å². The molecule has 5 rings (SSSR count). The maximum Gasteiger partial charge on any atom is 0.236 e. The molecule has 0 saturated carbocycles. The van der Waals surface area contributed by atoms with Gasteiger partial charge in [-0.3, -0.25) is 4.79 Å². The van der Waals surface area contributed by atoms with Gasteiger partial charge in [0, 0.05) is 4.47 Å². The van der Waals surface area contributed by atoms with Gasteiger partial charge in [0.2, 0.25) is 11.8 Å². The fraction of sp³-hybridized carbons (Fsp3) is 0.182. The number of rotatable bonds is 6. The number of hydrogen-bond acceptors (Lipinski definition) is 7. The van der Waals surface area contributed by atoms with Crippen LogP contribution in [0.3, 0.4) is 0 Å². The van der Waals surface area contributed by atoms with Crippen molar-refractivity contribution in [3.05, 3.63) is 74.2 Å². The molecule has 0 spiro atoms. The second-order valence-corrected chi connectivity index (χ2v) is 8.38. The van der Waals surface area contributed by atoms with Gasteiger partial charge in [-0.15, -0.1) is 0 Å². The minimum atomic E-state index is -0.172. The lowest BCUT2D eigenvalue weighted by Crippen LogP contribution is -2.07. The van der Waals surface area contributed by atoms with Gasteiger partial charge in [-0.2, -0.15) is 4.98 Å². The molecule has 1 aliphatic rings. The number of halogens is 2. The average molecular weight is 501 g/mol. The highest BCUT2D eigenvalue weighted by atomic mass is 79.9. The minimum absolute atomic E-state index is 0.153. The molecule has 1 aliphatic carbocycles. The van der Waals surface area contributed by atoms with E-state index in [0.717, 1.165) is 28.4 Å². The molecular formula is C22H15BrClN3O4. The standard InChI is InChI=1S/C22H15BrClN3O4/c23-16-3-1-2-15-14(16)5-7-20(15)30-22-17(24)9-13(10-28)21(25-22)29-11-12-4-6-18-19(8-12)27-31-26-18/h1-4,6,8-10,20H,5,7,11H2/t20-/m0/s1. The van der Waals surface area contributed by atoms with Crippen LogP contribution in [0.1, 0.15) is 39.6 Å². The molecule has 2 aromatic carbocycles. The van der Waals surface area contributed by atoms with E-state index in [9.17, 15) is 4.79 Å². The molecule has 0 radical (unpaired) electrons. The fourth-order valence-electron chi connectivity index (χ4n) is 3.65. The largest absolute Gasteiger partial charge is 0.472 e. The Bertz CT molecular complexity index is 1290. The van der Waals surface area contributed by atoms with Crippen molar-refractivity contribution < 1.29 is 18.9 Å². The van der Waals surface area contributed by atoms with Gasteiger partial charge in [0.05, 0.1) is 5.56 Å². The van der Waals surface area contributed by atoms with Gasteiger partial charge in [0.25, 0.3) is 0 Å². The van der Waals surface area contributed by atoms with Crippen molar-refractivity contribution in [1.82, 2.24) is 15.3 Å². The van der Waals surface area contributed by atoms with Crippen molar-refractivity contribution in [1.29, 1.82) is 0 Å². The van der Waals surface area contributed by atoms with Crippen LogP contribution >= 0.6 is 27.5 Å². The second kappa shape index (κ2) is 8.28. The normalized spacial score (nSPS) is 15.1. The van der Waals surface area contributed by atoms with E-state index in [-0.39, 0.29) is 35.1 Å². The van der Waals surface area contributed by atoms with Crippen molar-refractivity contribution in [3.63, 3.8) is 0 Å². The van der Waals surface area contributed by atoms with Crippen LogP contribution in [0.5, 0.6) is 11.8 Å². The number of hydrogen-bond donors (Lipinski definition) is 0. The first-order chi connectivity index (χ1) is 15.1. The van der Waals surface area contributed by atoms with Crippen molar-refractivity contribution in [2.24, 2.45) is 0 Å². The molecule has 2 heterocycles. The van der Waals surface area contributed by atoms with Crippen LogP contribution in [-0.4, -0.2) is 21.6 Å². The van der Waals surface area contributed by atoms with Crippen LogP contribution in [0.25, 0.3) is 11.0 Å². The third-order valence-corrected chi connectivity index (χ3v) is 6.18. The Morgan fingerprint density at radius 3 is 2.90 bits per heavy atom. The van der Waals surface area contributed by atoms with E-state index in [1.165, 1.54) is 11.6 Å². The molecule has 2 aromatic heterocycles. The summed E-state index contributed by atoms with van der Waals surface area (Å²) < 4.78 is 17.7. The molecule has 156 valence electrons. The highest BCUT2D eigenvalue weighted by molar-refractivity contribution is 9.10. The zero-order chi connectivity index (χ0) is 21.4. The summed E-state index contributed by atoms with van der Waals surface area (Å²) >= 11 is 9.94. The minimum Gasteiger partial charge on any atom is -0.472 e. The molecule has 4 aromatic rings. The van der Waals surface area contributed by atoms with Crippen molar-refractivity contribution in [3.8, 4) is 11.8 Å². The number of aldehydes is 1. The number of benzene rings is 2. The van der Waals surface area contributed by atoms with Gasteiger partial charge in [-0.05, 0) is 64.1 Å². The SMILES string of the molecule is O=Cc1cc(Cl)c(O[C@H]2CCc3c(Br)cccc32)nc1OCc1ccc2nonc2c1. The number of carbonyl (C=O) groups excluding carboxylic acids is 1.